The molecule has 3 nitrogen and oxygen atoms in total. The summed E-state index contributed by atoms with van der Waals surface area (Å²) in [5.74, 6) is 5.65. The average Bonchev–Trinajstić information content (AvgIpc) is 3.53. The van der Waals surface area contributed by atoms with E-state index in [0.29, 0.717) is 24.0 Å². The maximum atomic E-state index is 12.2. The van der Waals surface area contributed by atoms with Crippen LogP contribution in [0.15, 0.2) is 11.6 Å². The van der Waals surface area contributed by atoms with Crippen LogP contribution in [0.3, 0.4) is 0 Å². The molecule has 5 saturated carbocycles. The van der Waals surface area contributed by atoms with E-state index in [-0.39, 0.29) is 22.4 Å². The molecule has 144 valence electrons. The van der Waals surface area contributed by atoms with Crippen molar-refractivity contribution < 1.29 is 14.3 Å². The van der Waals surface area contributed by atoms with Crippen LogP contribution in [0.2, 0.25) is 0 Å². The maximum absolute atomic E-state index is 12.2. The Balaban J connectivity index is 1.33. The molecule has 0 aromatic heterocycles. The van der Waals surface area contributed by atoms with Crippen molar-refractivity contribution in [2.24, 2.45) is 52.3 Å². The summed E-state index contributed by atoms with van der Waals surface area (Å²) in [7, 11) is 0. The zero-order valence-electron chi connectivity index (χ0n) is 16.5. The summed E-state index contributed by atoms with van der Waals surface area (Å²) in [6.45, 7) is 4.99. The van der Waals surface area contributed by atoms with Crippen molar-refractivity contribution in [2.45, 2.75) is 70.8 Å². The number of allylic oxidation sites excluding steroid dienone is 1. The van der Waals surface area contributed by atoms with Gasteiger partial charge in [-0.25, -0.2) is 0 Å². The summed E-state index contributed by atoms with van der Waals surface area (Å²) in [5, 5.41) is 0. The minimum absolute atomic E-state index is 0.0561. The molecule has 10 atom stereocenters. The summed E-state index contributed by atoms with van der Waals surface area (Å²) in [6, 6.07) is 0. The lowest BCUT2D eigenvalue weighted by atomic mass is 9.45. The lowest BCUT2D eigenvalue weighted by molar-refractivity contribution is -0.177. The molecular formula is C24H30O3. The van der Waals surface area contributed by atoms with Crippen LogP contribution in [0.25, 0.3) is 0 Å². The molecule has 1 spiro atoms. The van der Waals surface area contributed by atoms with Crippen LogP contribution in [-0.2, 0) is 14.3 Å². The molecule has 0 N–H and O–H groups in total. The minimum atomic E-state index is -0.131. The van der Waals surface area contributed by atoms with E-state index in [2.05, 4.69) is 19.9 Å². The van der Waals surface area contributed by atoms with Gasteiger partial charge < -0.3 is 4.74 Å². The van der Waals surface area contributed by atoms with E-state index in [1.165, 1.54) is 31.3 Å². The Morgan fingerprint density at radius 2 is 1.85 bits per heavy atom. The monoisotopic (exact) mass is 366 g/mol. The predicted octanol–water partition coefficient (Wildman–Crippen LogP) is 4.31. The molecule has 0 bridgehead atoms. The van der Waals surface area contributed by atoms with Crippen LogP contribution in [-0.4, -0.2) is 17.4 Å². The highest BCUT2D eigenvalue weighted by molar-refractivity contribution is 5.92. The molecule has 6 aliphatic carbocycles. The minimum Gasteiger partial charge on any atom is -0.458 e. The molecule has 1 heterocycles. The molecule has 3 heteroatoms. The fraction of sp³-hybridized carbons (Fsp3) is 0.833. The molecule has 1 saturated heterocycles. The fourth-order valence-corrected chi connectivity index (χ4v) is 9.74. The number of ether oxygens (including phenoxy) is 1. The van der Waals surface area contributed by atoms with E-state index in [1.54, 1.807) is 0 Å². The second-order valence-corrected chi connectivity index (χ2v) is 11.5. The first kappa shape index (κ1) is 15.8. The van der Waals surface area contributed by atoms with Crippen LogP contribution >= 0.6 is 0 Å². The zero-order chi connectivity index (χ0) is 18.3. The molecule has 27 heavy (non-hydrogen) atoms. The molecule has 7 rings (SSSR count). The van der Waals surface area contributed by atoms with Crippen LogP contribution in [0, 0.1) is 52.3 Å². The van der Waals surface area contributed by atoms with Gasteiger partial charge in [0.2, 0.25) is 0 Å². The Labute approximate surface area is 161 Å². The van der Waals surface area contributed by atoms with Crippen molar-refractivity contribution >= 4 is 11.8 Å². The van der Waals surface area contributed by atoms with Gasteiger partial charge in [0.1, 0.15) is 5.60 Å². The van der Waals surface area contributed by atoms with E-state index >= 15 is 0 Å². The van der Waals surface area contributed by atoms with Crippen LogP contribution in [0.4, 0.5) is 0 Å². The highest BCUT2D eigenvalue weighted by Gasteiger charge is 2.81. The number of ketones is 1. The third kappa shape index (κ3) is 1.58. The van der Waals surface area contributed by atoms with Crippen LogP contribution in [0.1, 0.15) is 65.2 Å². The quantitative estimate of drug-likeness (QED) is 0.600. The van der Waals surface area contributed by atoms with Crippen molar-refractivity contribution in [1.29, 1.82) is 0 Å². The molecule has 7 aliphatic rings. The molecule has 1 aliphatic heterocycles. The van der Waals surface area contributed by atoms with Crippen molar-refractivity contribution in [3.05, 3.63) is 11.6 Å². The van der Waals surface area contributed by atoms with E-state index in [4.69, 9.17) is 4.74 Å². The molecule has 2 unspecified atom stereocenters. The molecule has 6 fully saturated rings. The van der Waals surface area contributed by atoms with Gasteiger partial charge in [-0.05, 0) is 85.5 Å². The number of carbonyl (C=O) groups excluding carboxylic acids is 2. The first-order valence-corrected chi connectivity index (χ1v) is 11.4. The summed E-state index contributed by atoms with van der Waals surface area (Å²) >= 11 is 0. The van der Waals surface area contributed by atoms with Crippen LogP contribution in [0.5, 0.6) is 0 Å². The number of rotatable bonds is 0. The molecule has 0 amide bonds. The van der Waals surface area contributed by atoms with Gasteiger partial charge in [0.25, 0.3) is 0 Å². The number of hydrogen-bond acceptors (Lipinski definition) is 3. The van der Waals surface area contributed by atoms with E-state index in [1.807, 2.05) is 0 Å². The zero-order valence-corrected chi connectivity index (χ0v) is 16.5. The Hall–Kier alpha value is -1.12. The number of fused-ring (bicyclic) bond motifs is 12. The molecular weight excluding hydrogens is 336 g/mol. The number of hydrogen-bond donors (Lipinski definition) is 0. The Morgan fingerprint density at radius 3 is 2.63 bits per heavy atom. The van der Waals surface area contributed by atoms with Crippen molar-refractivity contribution in [3.8, 4) is 0 Å². The standard InChI is InChI=1S/C24H30O3/c1-22-6-3-12(25)9-17(22)13-10-14(13)20-16(22)4-7-23(2)21(20)15-11-18(15)24(23)8-5-19(26)27-24/h9,13-16,18,20-21H,3-8,10-11H2,1-2H3/t13?,14?,15-,16+,18+,20-,21+,22-,23+,24+/m0/s1. The second kappa shape index (κ2) is 4.39. The fourth-order valence-electron chi connectivity index (χ4n) is 9.74. The third-order valence-electron chi connectivity index (χ3n) is 10.9. The van der Waals surface area contributed by atoms with Gasteiger partial charge in [-0.15, -0.1) is 0 Å². The molecule has 0 radical (unpaired) electrons. The highest BCUT2D eigenvalue weighted by atomic mass is 16.6. The SMILES string of the molecule is C[C@@]12CCC(=O)C=C1C1CC1[C@@H]1[C@H]3[C@H]4C[C@H]4[C@]4(CCC(=O)O4)[C@]3(C)CC[C@H]12. The van der Waals surface area contributed by atoms with Crippen LogP contribution < -0.4 is 0 Å². The second-order valence-electron chi connectivity index (χ2n) is 11.5. The van der Waals surface area contributed by atoms with Gasteiger partial charge in [0, 0.05) is 24.2 Å². The van der Waals surface area contributed by atoms with E-state index in [9.17, 15) is 9.59 Å². The lowest BCUT2D eigenvalue weighted by Gasteiger charge is -2.60. The van der Waals surface area contributed by atoms with Gasteiger partial charge in [-0.3, -0.25) is 9.59 Å². The first-order chi connectivity index (χ1) is 12.9. The summed E-state index contributed by atoms with van der Waals surface area (Å²) in [4.78, 5) is 24.3. The Morgan fingerprint density at radius 1 is 1.00 bits per heavy atom. The lowest BCUT2D eigenvalue weighted by Crippen LogP contribution is -2.57. The van der Waals surface area contributed by atoms with Crippen molar-refractivity contribution in [2.75, 3.05) is 0 Å². The largest absolute Gasteiger partial charge is 0.458 e. The van der Waals surface area contributed by atoms with Gasteiger partial charge in [-0.1, -0.05) is 19.4 Å². The average molecular weight is 367 g/mol. The van der Waals surface area contributed by atoms with Crippen molar-refractivity contribution in [3.63, 3.8) is 0 Å². The van der Waals surface area contributed by atoms with Gasteiger partial charge >= 0.3 is 5.97 Å². The first-order valence-electron chi connectivity index (χ1n) is 11.4. The highest BCUT2D eigenvalue weighted by Crippen LogP contribution is 2.82. The topological polar surface area (TPSA) is 43.4 Å². The third-order valence-corrected chi connectivity index (χ3v) is 10.9. The van der Waals surface area contributed by atoms with Crippen molar-refractivity contribution in [1.82, 2.24) is 0 Å². The normalized spacial score (nSPS) is 62.0. The van der Waals surface area contributed by atoms with Gasteiger partial charge in [-0.2, -0.15) is 0 Å². The molecule has 0 aromatic rings. The summed E-state index contributed by atoms with van der Waals surface area (Å²) in [6.07, 6.45) is 10.6. The Kier molecular flexibility index (Phi) is 2.56. The molecule has 0 aromatic carbocycles. The van der Waals surface area contributed by atoms with E-state index in [0.717, 1.165) is 48.9 Å². The Bertz CT molecular complexity index is 827. The summed E-state index contributed by atoms with van der Waals surface area (Å²) < 4.78 is 6.22. The van der Waals surface area contributed by atoms with E-state index < -0.39 is 0 Å². The summed E-state index contributed by atoms with van der Waals surface area (Å²) in [5.41, 5.74) is 1.85. The predicted molar refractivity (Wildman–Crippen MR) is 99.5 cm³/mol. The number of carbonyl (C=O) groups is 2. The smallest absolute Gasteiger partial charge is 0.306 e. The van der Waals surface area contributed by atoms with Gasteiger partial charge in [0.05, 0.1) is 0 Å². The maximum Gasteiger partial charge on any atom is 0.306 e. The van der Waals surface area contributed by atoms with Gasteiger partial charge in [0.15, 0.2) is 5.78 Å². The number of esters is 1.